The van der Waals surface area contributed by atoms with Crippen molar-refractivity contribution in [3.8, 4) is 5.69 Å². The number of hydrogen-bond acceptors (Lipinski definition) is 1. The van der Waals surface area contributed by atoms with Crippen molar-refractivity contribution in [2.24, 2.45) is 0 Å². The smallest absolute Gasteiger partial charge is 0.235 e. The summed E-state index contributed by atoms with van der Waals surface area (Å²) in [6.07, 6.45) is 0. The molecule has 13 rings (SSSR count). The molecule has 0 saturated heterocycles. The molecule has 0 N–H and O–H groups in total. The number of hydrogen-bond donors (Lipinski definition) is 0. The standard InChI is InChI=1S/C55H37N5Si/c1-4-20-39(21-5-1)61(40-22-6-2-7-23-40,41-24-8-3-9-25-41)42-26-18-19-38(37-42)57-47-30-13-11-28-45(47)53-52(57)36-35-44-43-27-10-14-31-48(43)59(54(44)53)60-51-34-17-16-33-50(51)58-49-32-15-12-29-46(49)56-55(58)60/h1-37H/i1D,2D,4D,5D,6D,7D,20D,21D,22D,23D. The molecule has 0 atom stereocenters. The second-order valence-electron chi connectivity index (χ2n) is 15.2. The Kier molecular flexibility index (Phi) is 5.45. The first-order chi connectivity index (χ1) is 34.4. The van der Waals surface area contributed by atoms with Crippen LogP contribution in [0.4, 0.5) is 0 Å². The molecule has 13 aromatic rings. The van der Waals surface area contributed by atoms with Gasteiger partial charge in [0.2, 0.25) is 5.78 Å². The molecular weight excluding hydrogens is 759 g/mol. The zero-order valence-corrected chi connectivity index (χ0v) is 33.3. The fraction of sp³-hybridized carbons (Fsp3) is 0. The van der Waals surface area contributed by atoms with Crippen LogP contribution >= 0.6 is 0 Å². The van der Waals surface area contributed by atoms with Crippen LogP contribution in [-0.4, -0.2) is 31.4 Å². The van der Waals surface area contributed by atoms with Crippen molar-refractivity contribution < 1.29 is 13.7 Å². The van der Waals surface area contributed by atoms with E-state index in [1.807, 2.05) is 72.8 Å². The Morgan fingerprint density at radius 1 is 0.410 bits per heavy atom. The fourth-order valence-electron chi connectivity index (χ4n) is 9.81. The average Bonchev–Trinajstić information content (AvgIpc) is 4.14. The van der Waals surface area contributed by atoms with Gasteiger partial charge in [0, 0.05) is 27.2 Å². The molecule has 61 heavy (non-hydrogen) atoms. The van der Waals surface area contributed by atoms with E-state index < -0.39 is 68.5 Å². The fourth-order valence-corrected chi connectivity index (χ4v) is 14.0. The summed E-state index contributed by atoms with van der Waals surface area (Å²) in [7, 11) is -4.53. The van der Waals surface area contributed by atoms with E-state index in [4.69, 9.17) is 13.2 Å². The summed E-state index contributed by atoms with van der Waals surface area (Å²) in [6, 6.07) is 48.0. The van der Waals surface area contributed by atoms with E-state index in [2.05, 4.69) is 72.9 Å². The van der Waals surface area contributed by atoms with E-state index in [1.165, 1.54) is 0 Å². The van der Waals surface area contributed by atoms with Crippen LogP contribution in [0.1, 0.15) is 13.7 Å². The lowest BCUT2D eigenvalue weighted by molar-refractivity contribution is 0.760. The van der Waals surface area contributed by atoms with E-state index in [-0.39, 0.29) is 10.4 Å². The Morgan fingerprint density at radius 3 is 1.77 bits per heavy atom. The summed E-state index contributed by atoms with van der Waals surface area (Å²) in [5.41, 5.74) is 8.08. The van der Waals surface area contributed by atoms with Gasteiger partial charge in [-0.15, -0.1) is 0 Å². The number of benzene rings is 9. The molecule has 0 radical (unpaired) electrons. The van der Waals surface area contributed by atoms with Gasteiger partial charge in [0.05, 0.1) is 57.8 Å². The Morgan fingerprint density at radius 2 is 1.02 bits per heavy atom. The highest BCUT2D eigenvalue weighted by molar-refractivity contribution is 7.19. The molecule has 0 saturated carbocycles. The predicted octanol–water partition coefficient (Wildman–Crippen LogP) is 10.3. The lowest BCUT2D eigenvalue weighted by Gasteiger charge is -2.34. The van der Waals surface area contributed by atoms with Gasteiger partial charge in [-0.3, -0.25) is 4.40 Å². The van der Waals surface area contributed by atoms with Crippen LogP contribution in [0.15, 0.2) is 224 Å². The normalized spacial score (nSPS) is 14.6. The Hall–Kier alpha value is -7.93. The Balaban J connectivity index is 1.18. The van der Waals surface area contributed by atoms with Gasteiger partial charge in [-0.05, 0) is 81.4 Å². The van der Waals surface area contributed by atoms with Gasteiger partial charge in [0.1, 0.15) is 0 Å². The number of rotatable bonds is 6. The van der Waals surface area contributed by atoms with E-state index in [9.17, 15) is 5.48 Å². The quantitative estimate of drug-likeness (QED) is 0.122. The molecule has 0 unspecified atom stereocenters. The second-order valence-corrected chi connectivity index (χ2v) is 18.9. The van der Waals surface area contributed by atoms with Crippen LogP contribution in [0.2, 0.25) is 0 Å². The van der Waals surface area contributed by atoms with Crippen LogP contribution in [0.5, 0.6) is 0 Å². The van der Waals surface area contributed by atoms with Crippen molar-refractivity contribution in [3.63, 3.8) is 0 Å². The molecule has 4 heterocycles. The van der Waals surface area contributed by atoms with Gasteiger partial charge in [0.25, 0.3) is 0 Å². The Bertz CT molecular complexity index is 4310. The monoisotopic (exact) mass is 805 g/mol. The van der Waals surface area contributed by atoms with Gasteiger partial charge < -0.3 is 4.57 Å². The van der Waals surface area contributed by atoms with Crippen LogP contribution in [-0.2, 0) is 0 Å². The molecule has 0 aliphatic heterocycles. The highest BCUT2D eigenvalue weighted by Gasteiger charge is 2.41. The minimum Gasteiger partial charge on any atom is -0.309 e. The third kappa shape index (κ3) is 4.68. The first kappa shape index (κ1) is 25.5. The molecule has 286 valence electrons. The van der Waals surface area contributed by atoms with Crippen molar-refractivity contribution in [1.29, 1.82) is 0 Å². The van der Waals surface area contributed by atoms with Gasteiger partial charge in [0.15, 0.2) is 8.07 Å². The number of para-hydroxylation sites is 6. The molecule has 5 nitrogen and oxygen atoms in total. The molecule has 4 aromatic heterocycles. The zero-order valence-electron chi connectivity index (χ0n) is 42.3. The van der Waals surface area contributed by atoms with Crippen molar-refractivity contribution in [1.82, 2.24) is 23.3 Å². The maximum atomic E-state index is 9.57. The molecule has 0 aliphatic carbocycles. The minimum absolute atomic E-state index is 0.115. The molecular formula is C55H37N5Si. The summed E-state index contributed by atoms with van der Waals surface area (Å²) in [6.45, 7) is 0. The summed E-state index contributed by atoms with van der Waals surface area (Å²) in [5.74, 6) is 0.742. The van der Waals surface area contributed by atoms with Crippen molar-refractivity contribution in [3.05, 3.63) is 224 Å². The highest BCUT2D eigenvalue weighted by atomic mass is 28.3. The molecule has 0 fully saturated rings. The maximum Gasteiger partial charge on any atom is 0.235 e. The molecule has 6 heteroatoms. The van der Waals surface area contributed by atoms with Crippen molar-refractivity contribution >= 4 is 100 Å². The van der Waals surface area contributed by atoms with E-state index >= 15 is 0 Å². The van der Waals surface area contributed by atoms with Gasteiger partial charge in [-0.25, -0.2) is 14.3 Å². The number of fused-ring (bicyclic) bond motifs is 12. The minimum atomic E-state index is -4.53. The largest absolute Gasteiger partial charge is 0.309 e. The van der Waals surface area contributed by atoms with Crippen LogP contribution in [0, 0.1) is 0 Å². The molecule has 0 spiro atoms. The van der Waals surface area contributed by atoms with Crippen LogP contribution in [0.25, 0.3) is 77.1 Å². The van der Waals surface area contributed by atoms with E-state index in [0.717, 1.165) is 71.5 Å². The molecule has 0 bridgehead atoms. The van der Waals surface area contributed by atoms with Gasteiger partial charge >= 0.3 is 0 Å². The summed E-state index contributed by atoms with van der Waals surface area (Å²) < 4.78 is 100. The number of aromatic nitrogens is 5. The zero-order chi connectivity index (χ0) is 48.8. The van der Waals surface area contributed by atoms with E-state index in [0.29, 0.717) is 16.1 Å². The summed E-state index contributed by atoms with van der Waals surface area (Å²) >= 11 is 0. The first-order valence-corrected chi connectivity index (χ1v) is 22.1. The maximum absolute atomic E-state index is 9.57. The molecule has 9 aromatic carbocycles. The lowest BCUT2D eigenvalue weighted by atomic mass is 10.1. The highest BCUT2D eigenvalue weighted by Crippen LogP contribution is 2.42. The number of nitrogens with zero attached hydrogens (tertiary/aromatic N) is 5. The molecule has 0 amide bonds. The third-order valence-corrected chi connectivity index (χ3v) is 16.6. The van der Waals surface area contributed by atoms with Crippen molar-refractivity contribution in [2.75, 3.05) is 0 Å². The first-order valence-electron chi connectivity index (χ1n) is 25.1. The summed E-state index contributed by atoms with van der Waals surface area (Å²) in [5, 5.41) is 4.67. The second kappa shape index (κ2) is 13.0. The van der Waals surface area contributed by atoms with Crippen molar-refractivity contribution in [2.45, 2.75) is 0 Å². The number of imidazole rings is 2. The predicted molar refractivity (Wildman–Crippen MR) is 256 cm³/mol. The molecule has 0 aliphatic rings. The average molecular weight is 806 g/mol. The van der Waals surface area contributed by atoms with Gasteiger partial charge in [-0.2, -0.15) is 0 Å². The van der Waals surface area contributed by atoms with Crippen LogP contribution < -0.4 is 20.7 Å². The van der Waals surface area contributed by atoms with Crippen LogP contribution in [0.3, 0.4) is 0 Å². The third-order valence-electron chi connectivity index (χ3n) is 12.2. The SMILES string of the molecule is [2H]c1c([2H])c([2H])c([Si](c2ccccc2)(c2cccc(-n3c4ccccc4c4c3ccc3c5ccccc5n(-n5c6ccccc6n6c7ccccc7nc56)c34)c2)c2c([2H])c([2H])c([2H])c([2H])c2[2H])c([2H])c1[2H]. The van der Waals surface area contributed by atoms with Gasteiger partial charge in [-0.1, -0.05) is 164 Å². The lowest BCUT2D eigenvalue weighted by Crippen LogP contribution is -2.74. The topological polar surface area (TPSA) is 32.1 Å². The van der Waals surface area contributed by atoms with E-state index in [1.54, 1.807) is 36.4 Å². The summed E-state index contributed by atoms with van der Waals surface area (Å²) in [4.78, 5) is 5.26. The Labute approximate surface area is 366 Å².